The molecule has 1 aromatic heterocycles. The zero-order valence-corrected chi connectivity index (χ0v) is 19.0. The lowest BCUT2D eigenvalue weighted by atomic mass is 9.88. The highest BCUT2D eigenvalue weighted by atomic mass is 16.5. The van der Waals surface area contributed by atoms with Crippen LogP contribution in [0.2, 0.25) is 0 Å². The van der Waals surface area contributed by atoms with Crippen molar-refractivity contribution >= 4 is 34.0 Å². The largest absolute Gasteiger partial charge is 0.469 e. The van der Waals surface area contributed by atoms with E-state index < -0.39 is 24.0 Å². The van der Waals surface area contributed by atoms with Gasteiger partial charge in [-0.2, -0.15) is 0 Å². The number of methoxy groups -OCH3 is 2. The smallest absolute Gasteiger partial charge is 0.340 e. The zero-order valence-electron chi connectivity index (χ0n) is 19.0. The molecule has 0 aliphatic rings. The molecule has 0 saturated heterocycles. The second-order valence-corrected chi connectivity index (χ2v) is 8.12. The molecule has 0 spiro atoms. The molecular formula is C25H30N2O5. The van der Waals surface area contributed by atoms with Gasteiger partial charge in [-0.15, -0.1) is 0 Å². The average molecular weight is 439 g/mol. The molecule has 3 aromatic rings. The van der Waals surface area contributed by atoms with Crippen molar-refractivity contribution in [2.45, 2.75) is 45.6 Å². The van der Waals surface area contributed by atoms with Crippen LogP contribution in [0.25, 0.3) is 22.1 Å². The Bertz CT molecular complexity index is 1110. The van der Waals surface area contributed by atoms with Crippen LogP contribution >= 0.6 is 0 Å². The summed E-state index contributed by atoms with van der Waals surface area (Å²) in [6, 6.07) is 10.4. The summed E-state index contributed by atoms with van der Waals surface area (Å²) in [6.45, 7) is 4.32. The van der Waals surface area contributed by atoms with E-state index >= 15 is 0 Å². The van der Waals surface area contributed by atoms with E-state index in [0.29, 0.717) is 45.5 Å². The van der Waals surface area contributed by atoms with Crippen LogP contribution in [0.1, 0.15) is 61.6 Å². The Hall–Kier alpha value is -3.06. The van der Waals surface area contributed by atoms with Crippen molar-refractivity contribution in [2.75, 3.05) is 14.2 Å². The van der Waals surface area contributed by atoms with Gasteiger partial charge in [0.1, 0.15) is 5.52 Å². The minimum Gasteiger partial charge on any atom is -0.469 e. The quantitative estimate of drug-likeness (QED) is 0.385. The lowest BCUT2D eigenvalue weighted by Crippen LogP contribution is -2.24. The molecule has 0 aliphatic heterocycles. The van der Waals surface area contributed by atoms with Crippen LogP contribution in [0.5, 0.6) is 0 Å². The van der Waals surface area contributed by atoms with Crippen LogP contribution in [-0.4, -0.2) is 41.2 Å². The highest BCUT2D eigenvalue weighted by molar-refractivity contribution is 6.03. The third kappa shape index (κ3) is 4.88. The number of carbonyl (C=O) groups is 2. The maximum atomic E-state index is 12.5. The highest BCUT2D eigenvalue weighted by Gasteiger charge is 2.30. The molecule has 32 heavy (non-hydrogen) atoms. The third-order valence-electron chi connectivity index (χ3n) is 6.04. The topological polar surface area (TPSA) is 98.6 Å². The molecule has 0 unspecified atom stereocenters. The van der Waals surface area contributed by atoms with E-state index in [1.54, 1.807) is 36.4 Å². The number of benzene rings is 2. The van der Waals surface area contributed by atoms with E-state index in [4.69, 9.17) is 9.47 Å². The predicted octanol–water partition coefficient (Wildman–Crippen LogP) is 4.61. The molecule has 0 fully saturated rings. The van der Waals surface area contributed by atoms with Crippen molar-refractivity contribution in [3.63, 3.8) is 0 Å². The maximum Gasteiger partial charge on any atom is 0.340 e. The van der Waals surface area contributed by atoms with Crippen LogP contribution < -0.4 is 0 Å². The Morgan fingerprint density at radius 1 is 0.969 bits per heavy atom. The van der Waals surface area contributed by atoms with Gasteiger partial charge < -0.3 is 14.6 Å². The summed E-state index contributed by atoms with van der Waals surface area (Å²) < 4.78 is 9.84. The first kappa shape index (κ1) is 23.6. The number of aromatic nitrogens is 2. The van der Waals surface area contributed by atoms with Gasteiger partial charge in [-0.3, -0.25) is 4.79 Å². The van der Waals surface area contributed by atoms with Gasteiger partial charge in [0.15, 0.2) is 0 Å². The Morgan fingerprint density at radius 2 is 1.62 bits per heavy atom. The van der Waals surface area contributed by atoms with Gasteiger partial charge in [0.2, 0.25) is 0 Å². The molecule has 0 saturated carbocycles. The summed E-state index contributed by atoms with van der Waals surface area (Å²) in [5, 5.41) is 11.2. The van der Waals surface area contributed by atoms with Crippen LogP contribution in [-0.2, 0) is 14.3 Å². The first-order valence-corrected chi connectivity index (χ1v) is 10.9. The molecule has 1 heterocycles. The monoisotopic (exact) mass is 438 g/mol. The van der Waals surface area contributed by atoms with Crippen LogP contribution in [0.15, 0.2) is 36.4 Å². The third-order valence-corrected chi connectivity index (χ3v) is 6.04. The fraction of sp³-hybridized carbons (Fsp3) is 0.440. The summed E-state index contributed by atoms with van der Waals surface area (Å²) in [7, 11) is 2.65. The Kier molecular flexibility index (Phi) is 7.75. The van der Waals surface area contributed by atoms with Crippen LogP contribution in [0.3, 0.4) is 0 Å². The predicted molar refractivity (Wildman–Crippen MR) is 122 cm³/mol. The lowest BCUT2D eigenvalue weighted by Gasteiger charge is -2.22. The van der Waals surface area contributed by atoms with E-state index in [1.165, 1.54) is 14.2 Å². The number of aliphatic hydroxyl groups is 1. The van der Waals surface area contributed by atoms with Gasteiger partial charge in [-0.05, 0) is 30.5 Å². The van der Waals surface area contributed by atoms with Crippen molar-refractivity contribution in [3.05, 3.63) is 47.5 Å². The van der Waals surface area contributed by atoms with Gasteiger partial charge in [0.05, 0.1) is 48.4 Å². The van der Waals surface area contributed by atoms with Gasteiger partial charge in [-0.1, -0.05) is 51.3 Å². The second kappa shape index (κ2) is 10.5. The summed E-state index contributed by atoms with van der Waals surface area (Å²) >= 11 is 0. The van der Waals surface area contributed by atoms with E-state index in [9.17, 15) is 14.7 Å². The number of aliphatic hydroxyl groups excluding tert-OH is 1. The first-order valence-electron chi connectivity index (χ1n) is 10.9. The number of para-hydroxylation sites is 2. The number of hydrogen-bond donors (Lipinski definition) is 1. The molecule has 7 heteroatoms. The molecular weight excluding hydrogens is 408 g/mol. The number of nitrogens with zero attached hydrogens (tertiary/aromatic N) is 2. The Labute approximate surface area is 187 Å². The molecule has 1 N–H and O–H groups in total. The number of carbonyl (C=O) groups excluding carboxylic acids is 2. The number of esters is 2. The van der Waals surface area contributed by atoms with Crippen molar-refractivity contribution in [1.29, 1.82) is 0 Å². The molecule has 0 radical (unpaired) electrons. The number of rotatable bonds is 9. The fourth-order valence-electron chi connectivity index (χ4n) is 3.92. The second-order valence-electron chi connectivity index (χ2n) is 8.12. The normalized spacial score (nSPS) is 14.2. The van der Waals surface area contributed by atoms with E-state index in [1.807, 2.05) is 0 Å². The molecule has 3 atom stereocenters. The van der Waals surface area contributed by atoms with E-state index in [2.05, 4.69) is 23.8 Å². The summed E-state index contributed by atoms with van der Waals surface area (Å²) in [5.74, 6) is -1.08. The highest BCUT2D eigenvalue weighted by Crippen LogP contribution is 2.33. The molecule has 0 amide bonds. The number of hydrogen-bond acceptors (Lipinski definition) is 7. The molecule has 0 bridgehead atoms. The van der Waals surface area contributed by atoms with E-state index in [0.717, 1.165) is 19.3 Å². The maximum absolute atomic E-state index is 12.5. The lowest BCUT2D eigenvalue weighted by molar-refractivity contribution is -0.150. The SMILES string of the molecule is CC[C@H](C)CCC[C@@H](C(=O)OC)[C@H](O)c1cccc2nc3c(C(=O)OC)cccc3nc12. The number of ether oxygens (including phenoxy) is 2. The van der Waals surface area contributed by atoms with E-state index in [-0.39, 0.29) is 0 Å². The van der Waals surface area contributed by atoms with Gasteiger partial charge in [-0.25, -0.2) is 14.8 Å². The van der Waals surface area contributed by atoms with Gasteiger partial charge in [0, 0.05) is 5.56 Å². The Morgan fingerprint density at radius 3 is 2.28 bits per heavy atom. The molecule has 170 valence electrons. The fourth-order valence-corrected chi connectivity index (χ4v) is 3.92. The minimum absolute atomic E-state index is 0.322. The van der Waals surface area contributed by atoms with Crippen molar-refractivity contribution in [2.24, 2.45) is 11.8 Å². The minimum atomic E-state index is -1.08. The van der Waals surface area contributed by atoms with Crippen LogP contribution in [0.4, 0.5) is 0 Å². The van der Waals surface area contributed by atoms with Gasteiger partial charge >= 0.3 is 11.9 Å². The molecule has 2 aromatic carbocycles. The number of fused-ring (bicyclic) bond motifs is 2. The van der Waals surface area contributed by atoms with Crippen molar-refractivity contribution in [3.8, 4) is 0 Å². The van der Waals surface area contributed by atoms with Crippen molar-refractivity contribution in [1.82, 2.24) is 9.97 Å². The van der Waals surface area contributed by atoms with Crippen molar-refractivity contribution < 1.29 is 24.2 Å². The standard InChI is InChI=1S/C25H30N2O5/c1-5-15(2)9-6-12-18(25(30)32-4)23(28)16-10-7-13-19-21(16)26-20-14-8-11-17(22(20)27-19)24(29)31-3/h7-8,10-11,13-15,18,23,28H,5-6,9,12H2,1-4H3/t15-,18+,23+/m0/s1. The summed E-state index contributed by atoms with van der Waals surface area (Å²) in [4.78, 5) is 33.9. The Balaban J connectivity index is 2.03. The zero-order chi connectivity index (χ0) is 23.3. The first-order chi connectivity index (χ1) is 15.4. The van der Waals surface area contributed by atoms with Gasteiger partial charge in [0.25, 0.3) is 0 Å². The van der Waals surface area contributed by atoms with Crippen LogP contribution in [0, 0.1) is 11.8 Å². The summed E-state index contributed by atoms with van der Waals surface area (Å²) in [5.41, 5.74) is 2.78. The summed E-state index contributed by atoms with van der Waals surface area (Å²) in [6.07, 6.45) is 2.30. The molecule has 0 aliphatic carbocycles. The molecule has 3 rings (SSSR count). The average Bonchev–Trinajstić information content (AvgIpc) is 2.83. The molecule has 7 nitrogen and oxygen atoms in total.